The highest BCUT2D eigenvalue weighted by atomic mass is 32.2. The van der Waals surface area contributed by atoms with E-state index >= 15 is 0 Å². The van der Waals surface area contributed by atoms with Gasteiger partial charge < -0.3 is 16.5 Å². The molecule has 1 atom stereocenters. The van der Waals surface area contributed by atoms with Gasteiger partial charge >= 0.3 is 0 Å². The molecule has 2 fully saturated rings. The molecule has 204 valence electrons. The lowest BCUT2D eigenvalue weighted by Gasteiger charge is -2.32. The number of carbonyl (C=O) groups excluding carboxylic acids is 2. The first-order chi connectivity index (χ1) is 18.1. The van der Waals surface area contributed by atoms with Crippen LogP contribution in [0.2, 0.25) is 0 Å². The van der Waals surface area contributed by atoms with Gasteiger partial charge in [-0.25, -0.2) is 12.7 Å². The third kappa shape index (κ3) is 5.00. The molecule has 3 aromatic rings. The number of likely N-dealkylation sites (tertiary alicyclic amines) is 1. The van der Waals surface area contributed by atoms with Crippen molar-refractivity contribution in [1.29, 1.82) is 0 Å². The minimum absolute atomic E-state index is 0.178. The van der Waals surface area contributed by atoms with Gasteiger partial charge in [-0.3, -0.25) is 14.5 Å². The van der Waals surface area contributed by atoms with Crippen molar-refractivity contribution in [2.75, 3.05) is 19.6 Å². The number of carbonyl (C=O) groups is 2. The van der Waals surface area contributed by atoms with Crippen LogP contribution in [-0.4, -0.2) is 65.3 Å². The molecule has 11 heteroatoms. The molecular weight excluding hydrogens is 522 g/mol. The highest BCUT2D eigenvalue weighted by Gasteiger charge is 2.32. The Bertz CT molecular complexity index is 1470. The molecule has 38 heavy (non-hydrogen) atoms. The number of primary amides is 2. The van der Waals surface area contributed by atoms with E-state index in [4.69, 9.17) is 11.5 Å². The average molecular weight is 558 g/mol. The fourth-order valence-corrected chi connectivity index (χ4v) is 8.06. The van der Waals surface area contributed by atoms with E-state index in [0.717, 1.165) is 46.3 Å². The first-order valence-electron chi connectivity index (χ1n) is 13.1. The topological polar surface area (TPSA) is 143 Å². The second kappa shape index (κ2) is 10.4. The number of rotatable bonds is 8. The minimum atomic E-state index is -3.27. The van der Waals surface area contributed by atoms with Crippen molar-refractivity contribution in [3.63, 3.8) is 0 Å². The molecule has 2 aliphatic rings. The summed E-state index contributed by atoms with van der Waals surface area (Å²) in [4.78, 5) is 30.7. The zero-order chi connectivity index (χ0) is 27.2. The van der Waals surface area contributed by atoms with Crippen molar-refractivity contribution in [3.8, 4) is 11.1 Å². The minimum Gasteiger partial charge on any atom is -0.368 e. The Hall–Kier alpha value is -2.73. The third-order valence-corrected chi connectivity index (χ3v) is 11.2. The molecule has 9 nitrogen and oxygen atoms in total. The van der Waals surface area contributed by atoms with Gasteiger partial charge in [-0.15, -0.1) is 11.3 Å². The van der Waals surface area contributed by atoms with Gasteiger partial charge in [0.25, 0.3) is 5.91 Å². The molecule has 0 spiro atoms. The monoisotopic (exact) mass is 557 g/mol. The van der Waals surface area contributed by atoms with Crippen LogP contribution in [0.1, 0.15) is 66.2 Å². The maximum absolute atomic E-state index is 12.6. The van der Waals surface area contributed by atoms with Crippen molar-refractivity contribution >= 4 is 44.1 Å². The molecular formula is C27H35N5O4S2. The lowest BCUT2D eigenvalue weighted by atomic mass is 9.88. The normalized spacial score (nSPS) is 20.0. The number of sulfonamides is 1. The van der Waals surface area contributed by atoms with E-state index in [2.05, 4.69) is 27.4 Å². The van der Waals surface area contributed by atoms with Crippen LogP contribution in [0.3, 0.4) is 0 Å². The number of aromatic nitrogens is 1. The van der Waals surface area contributed by atoms with Crippen LogP contribution >= 0.6 is 11.3 Å². The van der Waals surface area contributed by atoms with Crippen LogP contribution < -0.4 is 11.5 Å². The fourth-order valence-electron chi connectivity index (χ4n) is 5.82. The second-order valence-corrected chi connectivity index (χ2v) is 14.1. The number of amides is 2. The predicted octanol–water partition coefficient (Wildman–Crippen LogP) is 3.36. The molecule has 0 bridgehead atoms. The van der Waals surface area contributed by atoms with Crippen molar-refractivity contribution in [1.82, 2.24) is 14.2 Å². The number of hydrogen-bond acceptors (Lipinski definition) is 6. The van der Waals surface area contributed by atoms with Crippen molar-refractivity contribution < 1.29 is 18.0 Å². The van der Waals surface area contributed by atoms with Gasteiger partial charge in [-0.1, -0.05) is 0 Å². The van der Waals surface area contributed by atoms with E-state index in [1.807, 2.05) is 12.3 Å². The number of H-pyrrole nitrogens is 1. The van der Waals surface area contributed by atoms with Crippen molar-refractivity contribution in [2.24, 2.45) is 11.5 Å². The Morgan fingerprint density at radius 3 is 2.47 bits per heavy atom. The van der Waals surface area contributed by atoms with Crippen molar-refractivity contribution in [2.45, 2.75) is 63.3 Å². The SMILES string of the molecule is CC(C)S(=O)(=O)N1CCC(c2c[nH]c3c(C(N)=O)cc(-c4csc(CN5CCC[C@@H]5C(N)=O)c4)cc23)CC1. The Morgan fingerprint density at radius 1 is 1.08 bits per heavy atom. The Kier molecular flexibility index (Phi) is 7.38. The zero-order valence-corrected chi connectivity index (χ0v) is 23.4. The molecule has 2 amide bonds. The number of aromatic amines is 1. The number of hydrogen-bond donors (Lipinski definition) is 3. The van der Waals surface area contributed by atoms with Crippen LogP contribution in [0, 0.1) is 0 Å². The molecule has 0 unspecified atom stereocenters. The lowest BCUT2D eigenvalue weighted by molar-refractivity contribution is -0.122. The van der Waals surface area contributed by atoms with Crippen molar-refractivity contribution in [3.05, 3.63) is 45.8 Å². The summed E-state index contributed by atoms with van der Waals surface area (Å²) >= 11 is 1.62. The number of piperidine rings is 1. The number of nitrogens with two attached hydrogens (primary N) is 2. The fraction of sp³-hybridized carbons (Fsp3) is 0.481. The molecule has 0 aliphatic carbocycles. The number of thiophene rings is 1. The summed E-state index contributed by atoms with van der Waals surface area (Å²) in [6.45, 7) is 5.91. The molecule has 2 saturated heterocycles. The van der Waals surface area contributed by atoms with Gasteiger partial charge in [0, 0.05) is 36.1 Å². The standard InChI is InChI=1S/C27H35N5O4S2/c1-16(2)38(35,36)32-8-5-17(6-9-32)23-13-30-25-21(23)11-18(12-22(25)26(28)33)19-10-20(37-15-19)14-31-7-3-4-24(31)27(29)34/h10-13,15-17,24,30H,3-9,14H2,1-2H3,(H2,28,33)(H2,29,34)/t24-/m1/s1. The molecule has 5 rings (SSSR count). The zero-order valence-electron chi connectivity index (χ0n) is 21.8. The maximum Gasteiger partial charge on any atom is 0.250 e. The number of nitrogens with zero attached hydrogens (tertiary/aromatic N) is 2. The number of benzene rings is 1. The van der Waals surface area contributed by atoms with E-state index < -0.39 is 21.2 Å². The first-order valence-corrected chi connectivity index (χ1v) is 15.5. The van der Waals surface area contributed by atoms with Crippen LogP contribution in [-0.2, 0) is 21.4 Å². The van der Waals surface area contributed by atoms with E-state index in [1.165, 1.54) is 0 Å². The predicted molar refractivity (Wildman–Crippen MR) is 150 cm³/mol. The van der Waals surface area contributed by atoms with Gasteiger partial charge in [0.2, 0.25) is 15.9 Å². The first kappa shape index (κ1) is 26.9. The summed E-state index contributed by atoms with van der Waals surface area (Å²) in [6.07, 6.45) is 5.13. The van der Waals surface area contributed by atoms with Crippen LogP contribution in [0.4, 0.5) is 0 Å². The number of fused-ring (bicyclic) bond motifs is 1. The molecule has 0 saturated carbocycles. The smallest absolute Gasteiger partial charge is 0.250 e. The average Bonchev–Trinajstić information content (AvgIpc) is 3.63. The number of nitrogens with one attached hydrogen (secondary N) is 1. The Balaban J connectivity index is 1.43. The van der Waals surface area contributed by atoms with Crippen LogP contribution in [0.25, 0.3) is 22.0 Å². The summed E-state index contributed by atoms with van der Waals surface area (Å²) in [5.41, 5.74) is 15.5. The molecule has 1 aromatic carbocycles. The highest BCUT2D eigenvalue weighted by molar-refractivity contribution is 7.89. The Labute approximate surface area is 227 Å². The summed E-state index contributed by atoms with van der Waals surface area (Å²) < 4.78 is 26.8. The summed E-state index contributed by atoms with van der Waals surface area (Å²) in [7, 11) is -3.27. The van der Waals surface area contributed by atoms with Gasteiger partial charge in [-0.2, -0.15) is 0 Å². The largest absolute Gasteiger partial charge is 0.368 e. The summed E-state index contributed by atoms with van der Waals surface area (Å²) in [5, 5.41) is 2.58. The van der Waals surface area contributed by atoms with Gasteiger partial charge in [0.05, 0.1) is 22.4 Å². The van der Waals surface area contributed by atoms with E-state index in [1.54, 1.807) is 29.5 Å². The molecule has 0 radical (unpaired) electrons. The molecule has 2 aliphatic heterocycles. The molecule has 4 heterocycles. The van der Waals surface area contributed by atoms with Gasteiger partial charge in [0.15, 0.2) is 0 Å². The molecule has 2 aromatic heterocycles. The van der Waals surface area contributed by atoms with E-state index in [9.17, 15) is 18.0 Å². The van der Waals surface area contributed by atoms with Crippen LogP contribution in [0.15, 0.2) is 29.8 Å². The lowest BCUT2D eigenvalue weighted by Crippen LogP contribution is -2.41. The maximum atomic E-state index is 12.6. The summed E-state index contributed by atoms with van der Waals surface area (Å²) in [5.74, 6) is -0.597. The second-order valence-electron chi connectivity index (χ2n) is 10.7. The van der Waals surface area contributed by atoms with Gasteiger partial charge in [-0.05, 0) is 92.3 Å². The van der Waals surface area contributed by atoms with Crippen LogP contribution in [0.5, 0.6) is 0 Å². The van der Waals surface area contributed by atoms with E-state index in [-0.39, 0.29) is 17.9 Å². The summed E-state index contributed by atoms with van der Waals surface area (Å²) in [6, 6.07) is 5.81. The quantitative estimate of drug-likeness (QED) is 0.389. The third-order valence-electron chi connectivity index (χ3n) is 7.97. The molecule has 5 N–H and O–H groups in total. The Morgan fingerprint density at radius 2 is 1.82 bits per heavy atom. The van der Waals surface area contributed by atoms with E-state index in [0.29, 0.717) is 43.6 Å². The highest BCUT2D eigenvalue weighted by Crippen LogP contribution is 2.38. The van der Waals surface area contributed by atoms with Gasteiger partial charge in [0.1, 0.15) is 0 Å².